The highest BCUT2D eigenvalue weighted by molar-refractivity contribution is 5.35. The van der Waals surface area contributed by atoms with Crippen molar-refractivity contribution in [2.24, 2.45) is 0 Å². The second-order valence-electron chi connectivity index (χ2n) is 5.27. The molecule has 0 saturated heterocycles. The first-order chi connectivity index (χ1) is 8.83. The molecule has 0 unspecified atom stereocenters. The van der Waals surface area contributed by atoms with Crippen molar-refractivity contribution in [1.82, 2.24) is 0 Å². The van der Waals surface area contributed by atoms with Gasteiger partial charge in [-0.25, -0.2) is 0 Å². The van der Waals surface area contributed by atoms with Gasteiger partial charge in [-0.1, -0.05) is 58.6 Å². The van der Waals surface area contributed by atoms with E-state index in [1.54, 1.807) is 11.1 Å². The van der Waals surface area contributed by atoms with Gasteiger partial charge < -0.3 is 0 Å². The van der Waals surface area contributed by atoms with Gasteiger partial charge in [0.05, 0.1) is 0 Å². The molecule has 0 aliphatic heterocycles. The van der Waals surface area contributed by atoms with Crippen LogP contribution >= 0.6 is 0 Å². The van der Waals surface area contributed by atoms with Crippen LogP contribution in [0.4, 0.5) is 0 Å². The summed E-state index contributed by atoms with van der Waals surface area (Å²) in [6.45, 7) is 6.83. The van der Waals surface area contributed by atoms with Crippen LogP contribution < -0.4 is 0 Å². The first-order valence-electron chi connectivity index (χ1n) is 7.84. The highest BCUT2D eigenvalue weighted by atomic mass is 14.1. The van der Waals surface area contributed by atoms with Crippen LogP contribution in [0.5, 0.6) is 0 Å². The minimum Gasteiger partial charge on any atom is -0.0654 e. The summed E-state index contributed by atoms with van der Waals surface area (Å²) in [5.74, 6) is 0. The van der Waals surface area contributed by atoms with Crippen molar-refractivity contribution in [3.63, 3.8) is 0 Å². The zero-order valence-corrected chi connectivity index (χ0v) is 12.5. The molecule has 1 rings (SSSR count). The normalized spacial score (nSPS) is 10.8. The molecule has 0 fully saturated rings. The van der Waals surface area contributed by atoms with Crippen LogP contribution in [0.1, 0.15) is 76.0 Å². The molecule has 0 aliphatic carbocycles. The number of hydrogen-bond acceptors (Lipinski definition) is 0. The fourth-order valence-corrected chi connectivity index (χ4v) is 2.57. The molecule has 0 saturated carbocycles. The van der Waals surface area contributed by atoms with Gasteiger partial charge in [0.25, 0.3) is 0 Å². The van der Waals surface area contributed by atoms with Gasteiger partial charge in [-0.2, -0.15) is 0 Å². The van der Waals surface area contributed by atoms with Crippen molar-refractivity contribution < 1.29 is 0 Å². The Balaban J connectivity index is 2.80. The number of aryl methyl sites for hydroxylation is 2. The lowest BCUT2D eigenvalue weighted by molar-refractivity contribution is 0.703. The van der Waals surface area contributed by atoms with Crippen LogP contribution in [-0.2, 0) is 19.3 Å². The van der Waals surface area contributed by atoms with Crippen molar-refractivity contribution in [1.29, 1.82) is 0 Å². The molecular weight excluding hydrogens is 216 g/mol. The molecule has 0 spiro atoms. The van der Waals surface area contributed by atoms with E-state index in [2.05, 4.69) is 39.0 Å². The second kappa shape index (κ2) is 9.19. The molecule has 0 N–H and O–H groups in total. The Morgan fingerprint density at radius 2 is 1.61 bits per heavy atom. The summed E-state index contributed by atoms with van der Waals surface area (Å²) in [6.07, 6.45) is 11.5. The van der Waals surface area contributed by atoms with Crippen LogP contribution in [0.15, 0.2) is 12.1 Å². The van der Waals surface area contributed by atoms with E-state index in [4.69, 9.17) is 0 Å². The van der Waals surface area contributed by atoms with Crippen molar-refractivity contribution in [3.8, 4) is 0 Å². The second-order valence-corrected chi connectivity index (χ2v) is 5.27. The molecule has 0 heteroatoms. The van der Waals surface area contributed by atoms with Gasteiger partial charge >= 0.3 is 0 Å². The van der Waals surface area contributed by atoms with Crippen LogP contribution in [0.2, 0.25) is 0 Å². The Bertz CT molecular complexity index is 325. The lowest BCUT2D eigenvalue weighted by atomic mass is 9.91. The maximum atomic E-state index is 3.50. The van der Waals surface area contributed by atoms with Crippen molar-refractivity contribution in [2.45, 2.75) is 78.6 Å². The minimum atomic E-state index is 1.23. The molecule has 18 heavy (non-hydrogen) atoms. The highest BCUT2D eigenvalue weighted by Gasteiger charge is 2.07. The smallest absolute Gasteiger partial charge is 0.0146 e. The lowest BCUT2D eigenvalue weighted by Gasteiger charge is -2.14. The van der Waals surface area contributed by atoms with Gasteiger partial charge in [0, 0.05) is 0 Å². The predicted molar refractivity (Wildman–Crippen MR) is 81.1 cm³/mol. The molecule has 0 aromatic heterocycles. The Morgan fingerprint density at radius 1 is 0.833 bits per heavy atom. The number of rotatable bonds is 9. The lowest BCUT2D eigenvalue weighted by Crippen LogP contribution is -2.01. The summed E-state index contributed by atoms with van der Waals surface area (Å²) in [6, 6.07) is 7.93. The first kappa shape index (κ1) is 15.3. The van der Waals surface area contributed by atoms with Crippen molar-refractivity contribution >= 4 is 0 Å². The van der Waals surface area contributed by atoms with E-state index in [-0.39, 0.29) is 0 Å². The number of unbranched alkanes of at least 4 members (excludes halogenated alkanes) is 3. The maximum Gasteiger partial charge on any atom is -0.0146 e. The Kier molecular flexibility index (Phi) is 7.80. The monoisotopic (exact) mass is 245 g/mol. The number of benzene rings is 1. The largest absolute Gasteiger partial charge is 0.0654 e. The zero-order valence-electron chi connectivity index (χ0n) is 12.5. The molecule has 0 atom stereocenters. The van der Waals surface area contributed by atoms with Crippen LogP contribution in [0.25, 0.3) is 0 Å². The molecular formula is C18H29. The molecule has 101 valence electrons. The van der Waals surface area contributed by atoms with E-state index in [9.17, 15) is 0 Å². The summed E-state index contributed by atoms with van der Waals surface area (Å²) in [5, 5.41) is 0. The Morgan fingerprint density at radius 3 is 2.28 bits per heavy atom. The third kappa shape index (κ3) is 4.84. The van der Waals surface area contributed by atoms with Gasteiger partial charge in [0.15, 0.2) is 0 Å². The molecule has 0 aliphatic rings. The standard InChI is InChI=1S/C18H29/c1-4-7-9-12-17-14-10-13-16(11-6-3)18(17)15-8-5-2/h10,13H,4-9,11-12,15H2,1-3H3. The molecule has 1 radical (unpaired) electrons. The summed E-state index contributed by atoms with van der Waals surface area (Å²) in [7, 11) is 0. The maximum absolute atomic E-state index is 3.50. The first-order valence-corrected chi connectivity index (χ1v) is 7.84. The average molecular weight is 245 g/mol. The van der Waals surface area contributed by atoms with Gasteiger partial charge in [0.2, 0.25) is 0 Å². The third-order valence-electron chi connectivity index (χ3n) is 3.62. The van der Waals surface area contributed by atoms with Gasteiger partial charge in [-0.3, -0.25) is 0 Å². The van der Waals surface area contributed by atoms with E-state index in [1.165, 1.54) is 63.4 Å². The van der Waals surface area contributed by atoms with Crippen LogP contribution in [-0.4, -0.2) is 0 Å². The van der Waals surface area contributed by atoms with Gasteiger partial charge in [-0.05, 0) is 54.9 Å². The summed E-state index contributed by atoms with van der Waals surface area (Å²) in [5.41, 5.74) is 4.70. The average Bonchev–Trinajstić information content (AvgIpc) is 2.38. The minimum absolute atomic E-state index is 1.23. The van der Waals surface area contributed by atoms with Gasteiger partial charge in [-0.15, -0.1) is 0 Å². The molecule has 0 nitrogen and oxygen atoms in total. The zero-order chi connectivity index (χ0) is 13.2. The summed E-state index contributed by atoms with van der Waals surface area (Å²) >= 11 is 0. The predicted octanol–water partition coefficient (Wildman–Crippen LogP) is 5.51. The highest BCUT2D eigenvalue weighted by Crippen LogP contribution is 2.21. The summed E-state index contributed by atoms with van der Waals surface area (Å²) in [4.78, 5) is 0. The molecule has 1 aromatic rings. The van der Waals surface area contributed by atoms with E-state index >= 15 is 0 Å². The van der Waals surface area contributed by atoms with E-state index in [0.717, 1.165) is 0 Å². The molecule has 1 aromatic carbocycles. The van der Waals surface area contributed by atoms with E-state index in [1.807, 2.05) is 0 Å². The summed E-state index contributed by atoms with van der Waals surface area (Å²) < 4.78 is 0. The molecule has 0 heterocycles. The van der Waals surface area contributed by atoms with Crippen LogP contribution in [0.3, 0.4) is 0 Å². The van der Waals surface area contributed by atoms with E-state index < -0.39 is 0 Å². The SMILES string of the molecule is CCCCCc1[c]ccc(CCC)c1CCCC. The fourth-order valence-electron chi connectivity index (χ4n) is 2.57. The van der Waals surface area contributed by atoms with Gasteiger partial charge in [0.1, 0.15) is 0 Å². The fraction of sp³-hybridized carbons (Fsp3) is 0.667. The Labute approximate surface area is 114 Å². The third-order valence-corrected chi connectivity index (χ3v) is 3.62. The quantitative estimate of drug-likeness (QED) is 0.503. The Hall–Kier alpha value is -0.780. The van der Waals surface area contributed by atoms with E-state index in [0.29, 0.717) is 0 Å². The van der Waals surface area contributed by atoms with Crippen molar-refractivity contribution in [2.75, 3.05) is 0 Å². The van der Waals surface area contributed by atoms with Crippen LogP contribution in [0, 0.1) is 6.07 Å². The number of hydrogen-bond donors (Lipinski definition) is 0. The molecule has 0 bridgehead atoms. The topological polar surface area (TPSA) is 0 Å². The molecule has 0 amide bonds. The van der Waals surface area contributed by atoms with Crippen molar-refractivity contribution in [3.05, 3.63) is 34.9 Å².